The summed E-state index contributed by atoms with van der Waals surface area (Å²) in [6.07, 6.45) is 4.44. The molecule has 3 rings (SSSR count). The van der Waals surface area contributed by atoms with Crippen LogP contribution in [-0.2, 0) is 0 Å². The number of benzene rings is 1. The summed E-state index contributed by atoms with van der Waals surface area (Å²) < 4.78 is 0. The summed E-state index contributed by atoms with van der Waals surface area (Å²) in [6.45, 7) is 2.27. The van der Waals surface area contributed by atoms with Gasteiger partial charge in [-0.2, -0.15) is 0 Å². The predicted molar refractivity (Wildman–Crippen MR) is 66.2 cm³/mol. The van der Waals surface area contributed by atoms with Crippen LogP contribution < -0.4 is 5.43 Å². The third-order valence-electron chi connectivity index (χ3n) is 3.03. The van der Waals surface area contributed by atoms with Gasteiger partial charge in [-0.05, 0) is 25.0 Å². The molecular formula is C13H15N3. The molecule has 3 heteroatoms. The number of aromatic nitrogens is 1. The van der Waals surface area contributed by atoms with Crippen LogP contribution in [0.2, 0.25) is 0 Å². The van der Waals surface area contributed by atoms with Gasteiger partial charge in [0, 0.05) is 24.7 Å². The molecule has 1 saturated heterocycles. The molecule has 0 bridgehead atoms. The quantitative estimate of drug-likeness (QED) is 0.831. The van der Waals surface area contributed by atoms with Gasteiger partial charge in [-0.3, -0.25) is 4.98 Å². The molecule has 2 heterocycles. The fraction of sp³-hybridized carbons (Fsp3) is 0.308. The lowest BCUT2D eigenvalue weighted by Gasteiger charge is -2.18. The number of para-hydroxylation sites is 1. The van der Waals surface area contributed by atoms with Crippen molar-refractivity contribution < 1.29 is 0 Å². The van der Waals surface area contributed by atoms with Crippen LogP contribution in [0.5, 0.6) is 0 Å². The standard InChI is InChI=1S/C13H15N3/c1-2-6-12-11(5-1)13(7-8-14-12)15-16-9-3-4-10-16/h1-2,5-8H,3-4,9-10H2,(H,14,15). The Kier molecular flexibility index (Phi) is 2.46. The molecule has 1 N–H and O–H groups in total. The van der Waals surface area contributed by atoms with E-state index in [0.717, 1.165) is 24.3 Å². The SMILES string of the molecule is c1ccc2c(NN3CCCC3)ccnc2c1. The van der Waals surface area contributed by atoms with Crippen molar-refractivity contribution in [3.05, 3.63) is 36.5 Å². The zero-order valence-electron chi connectivity index (χ0n) is 9.19. The first-order valence-electron chi connectivity index (χ1n) is 5.79. The summed E-state index contributed by atoms with van der Waals surface area (Å²) in [5, 5.41) is 3.47. The van der Waals surface area contributed by atoms with Gasteiger partial charge in [-0.25, -0.2) is 5.01 Å². The first-order valence-corrected chi connectivity index (χ1v) is 5.79. The van der Waals surface area contributed by atoms with E-state index in [4.69, 9.17) is 0 Å². The molecule has 0 spiro atoms. The Morgan fingerprint density at radius 2 is 1.88 bits per heavy atom. The molecule has 3 nitrogen and oxygen atoms in total. The highest BCUT2D eigenvalue weighted by atomic mass is 15.5. The molecule has 0 atom stereocenters. The van der Waals surface area contributed by atoms with Gasteiger partial charge in [0.15, 0.2) is 0 Å². The van der Waals surface area contributed by atoms with Crippen LogP contribution in [0.1, 0.15) is 12.8 Å². The Bertz CT molecular complexity index is 484. The fourth-order valence-corrected chi connectivity index (χ4v) is 2.19. The lowest BCUT2D eigenvalue weighted by molar-refractivity contribution is 0.411. The second-order valence-electron chi connectivity index (χ2n) is 4.18. The van der Waals surface area contributed by atoms with Gasteiger partial charge in [0.2, 0.25) is 0 Å². The van der Waals surface area contributed by atoms with Crippen molar-refractivity contribution in [1.29, 1.82) is 0 Å². The lowest BCUT2D eigenvalue weighted by atomic mass is 10.2. The van der Waals surface area contributed by atoms with Crippen LogP contribution in [0.4, 0.5) is 5.69 Å². The van der Waals surface area contributed by atoms with Gasteiger partial charge in [0.05, 0.1) is 11.2 Å². The van der Waals surface area contributed by atoms with E-state index in [0.29, 0.717) is 0 Å². The molecule has 1 aliphatic rings. The number of hydrazine groups is 1. The first kappa shape index (κ1) is 9.60. The average molecular weight is 213 g/mol. The van der Waals surface area contributed by atoms with Crippen LogP contribution in [0.3, 0.4) is 0 Å². The normalized spacial score (nSPS) is 16.8. The first-order chi connectivity index (χ1) is 7.93. The number of hydrogen-bond acceptors (Lipinski definition) is 3. The van der Waals surface area contributed by atoms with Crippen LogP contribution >= 0.6 is 0 Å². The summed E-state index contributed by atoms with van der Waals surface area (Å²) in [5.41, 5.74) is 5.68. The Labute approximate surface area is 95.1 Å². The molecule has 0 saturated carbocycles. The van der Waals surface area contributed by atoms with Crippen molar-refractivity contribution in [2.75, 3.05) is 18.5 Å². The van der Waals surface area contributed by atoms with Gasteiger partial charge in [-0.1, -0.05) is 18.2 Å². The number of pyridine rings is 1. The van der Waals surface area contributed by atoms with Crippen molar-refractivity contribution in [2.24, 2.45) is 0 Å². The number of anilines is 1. The third-order valence-corrected chi connectivity index (χ3v) is 3.03. The maximum Gasteiger partial charge on any atom is 0.0723 e. The van der Waals surface area contributed by atoms with Crippen LogP contribution in [0.25, 0.3) is 10.9 Å². The van der Waals surface area contributed by atoms with Crippen molar-refractivity contribution in [3.63, 3.8) is 0 Å². The van der Waals surface area contributed by atoms with Crippen LogP contribution in [0, 0.1) is 0 Å². The Morgan fingerprint density at radius 3 is 2.75 bits per heavy atom. The molecule has 2 aromatic rings. The van der Waals surface area contributed by atoms with E-state index in [2.05, 4.69) is 27.6 Å². The smallest absolute Gasteiger partial charge is 0.0723 e. The van der Waals surface area contributed by atoms with E-state index in [1.165, 1.54) is 18.2 Å². The molecule has 82 valence electrons. The lowest BCUT2D eigenvalue weighted by Crippen LogP contribution is -2.26. The number of nitrogens with one attached hydrogen (secondary N) is 1. The second-order valence-corrected chi connectivity index (χ2v) is 4.18. The van der Waals surface area contributed by atoms with E-state index in [1.807, 2.05) is 24.4 Å². The van der Waals surface area contributed by atoms with Crippen LogP contribution in [-0.4, -0.2) is 23.1 Å². The monoisotopic (exact) mass is 213 g/mol. The molecule has 16 heavy (non-hydrogen) atoms. The van der Waals surface area contributed by atoms with Gasteiger partial charge < -0.3 is 5.43 Å². The molecule has 1 aliphatic heterocycles. The zero-order chi connectivity index (χ0) is 10.8. The number of hydrogen-bond donors (Lipinski definition) is 1. The number of rotatable bonds is 2. The van der Waals surface area contributed by atoms with Crippen molar-refractivity contribution >= 4 is 16.6 Å². The summed E-state index contributed by atoms with van der Waals surface area (Å²) in [4.78, 5) is 4.36. The van der Waals surface area contributed by atoms with Gasteiger partial charge in [0.25, 0.3) is 0 Å². The van der Waals surface area contributed by atoms with E-state index >= 15 is 0 Å². The molecule has 0 amide bonds. The van der Waals surface area contributed by atoms with Crippen molar-refractivity contribution in [2.45, 2.75) is 12.8 Å². The predicted octanol–water partition coefficient (Wildman–Crippen LogP) is 2.66. The second kappa shape index (κ2) is 4.10. The average Bonchev–Trinajstić information content (AvgIpc) is 2.82. The third kappa shape index (κ3) is 1.74. The molecule has 1 aromatic heterocycles. The molecule has 0 aliphatic carbocycles. The van der Waals surface area contributed by atoms with E-state index in [9.17, 15) is 0 Å². The van der Waals surface area contributed by atoms with E-state index in [1.54, 1.807) is 0 Å². The minimum atomic E-state index is 1.05. The summed E-state index contributed by atoms with van der Waals surface area (Å²) in [5.74, 6) is 0. The topological polar surface area (TPSA) is 28.2 Å². The molecular weight excluding hydrogens is 198 g/mol. The van der Waals surface area contributed by atoms with Gasteiger partial charge in [0.1, 0.15) is 0 Å². The van der Waals surface area contributed by atoms with Crippen molar-refractivity contribution in [1.82, 2.24) is 9.99 Å². The molecule has 0 unspecified atom stereocenters. The number of nitrogens with zero attached hydrogens (tertiary/aromatic N) is 2. The molecule has 1 aromatic carbocycles. The molecule has 0 radical (unpaired) electrons. The van der Waals surface area contributed by atoms with E-state index < -0.39 is 0 Å². The van der Waals surface area contributed by atoms with Crippen LogP contribution in [0.15, 0.2) is 36.5 Å². The maximum atomic E-state index is 4.36. The molecule has 1 fully saturated rings. The summed E-state index contributed by atoms with van der Waals surface area (Å²) >= 11 is 0. The highest BCUT2D eigenvalue weighted by Crippen LogP contribution is 2.22. The Morgan fingerprint density at radius 1 is 1.06 bits per heavy atom. The van der Waals surface area contributed by atoms with E-state index in [-0.39, 0.29) is 0 Å². The summed E-state index contributed by atoms with van der Waals surface area (Å²) in [6, 6.07) is 10.3. The summed E-state index contributed by atoms with van der Waals surface area (Å²) in [7, 11) is 0. The van der Waals surface area contributed by atoms with Gasteiger partial charge >= 0.3 is 0 Å². The largest absolute Gasteiger partial charge is 0.318 e. The fourth-order valence-electron chi connectivity index (χ4n) is 2.19. The van der Waals surface area contributed by atoms with Crippen molar-refractivity contribution in [3.8, 4) is 0 Å². The minimum absolute atomic E-state index is 1.05. The van der Waals surface area contributed by atoms with Gasteiger partial charge in [-0.15, -0.1) is 0 Å². The number of fused-ring (bicyclic) bond motifs is 1. The highest BCUT2D eigenvalue weighted by molar-refractivity contribution is 5.90. The Hall–Kier alpha value is -1.61. The highest BCUT2D eigenvalue weighted by Gasteiger charge is 2.12. The minimum Gasteiger partial charge on any atom is -0.318 e. The maximum absolute atomic E-state index is 4.36. The Balaban J connectivity index is 1.96. The zero-order valence-corrected chi connectivity index (χ0v) is 9.19.